The first-order valence-corrected chi connectivity index (χ1v) is 9.88. The number of carbonyl (C=O) groups excluding carboxylic acids is 2. The van der Waals surface area contributed by atoms with E-state index in [4.69, 9.17) is 4.74 Å². The Hall–Kier alpha value is -3.74. The predicted molar refractivity (Wildman–Crippen MR) is 110 cm³/mol. The summed E-state index contributed by atoms with van der Waals surface area (Å²) in [6.45, 7) is 0.659. The van der Waals surface area contributed by atoms with E-state index in [-0.39, 0.29) is 17.9 Å². The van der Waals surface area contributed by atoms with E-state index in [0.29, 0.717) is 36.5 Å². The monoisotopic (exact) mass is 400 g/mol. The molecular formula is C23H20N4O3. The third kappa shape index (κ3) is 3.28. The number of benzene rings is 1. The van der Waals surface area contributed by atoms with Gasteiger partial charge < -0.3 is 14.5 Å². The lowest BCUT2D eigenvalue weighted by Crippen LogP contribution is -2.48. The standard InChI is InChI=1S/C23H20N4O3/c28-22(16-6-5-10-24-13-16)27-15-18-12-20(27)23(29)26(14-17-7-3-4-11-25-17)19-8-1-2-9-21(19)30-18/h1-11,13,18,20H,12,14-15H2. The molecule has 5 rings (SSSR count). The minimum atomic E-state index is -0.597. The number of nitrogens with zero attached hydrogens (tertiary/aromatic N) is 4. The van der Waals surface area contributed by atoms with Gasteiger partial charge in [-0.2, -0.15) is 0 Å². The molecule has 1 saturated heterocycles. The molecule has 1 aromatic carbocycles. The summed E-state index contributed by atoms with van der Waals surface area (Å²) >= 11 is 0. The Morgan fingerprint density at radius 1 is 1.07 bits per heavy atom. The third-order valence-electron chi connectivity index (χ3n) is 5.48. The fraction of sp³-hybridized carbons (Fsp3) is 0.217. The van der Waals surface area contributed by atoms with Crippen LogP contribution in [0.25, 0.3) is 0 Å². The lowest BCUT2D eigenvalue weighted by molar-refractivity contribution is -0.122. The van der Waals surface area contributed by atoms with E-state index in [9.17, 15) is 9.59 Å². The summed E-state index contributed by atoms with van der Waals surface area (Å²) in [7, 11) is 0. The van der Waals surface area contributed by atoms with E-state index in [1.807, 2.05) is 42.5 Å². The number of amides is 2. The van der Waals surface area contributed by atoms with Gasteiger partial charge in [-0.3, -0.25) is 19.6 Å². The number of anilines is 1. The maximum Gasteiger partial charge on any atom is 0.256 e. The van der Waals surface area contributed by atoms with Crippen LogP contribution in [0.5, 0.6) is 5.75 Å². The molecule has 30 heavy (non-hydrogen) atoms. The number of rotatable bonds is 3. The molecule has 2 aliphatic heterocycles. The van der Waals surface area contributed by atoms with Crippen molar-refractivity contribution in [1.82, 2.24) is 14.9 Å². The van der Waals surface area contributed by atoms with Crippen LogP contribution < -0.4 is 9.64 Å². The summed E-state index contributed by atoms with van der Waals surface area (Å²) in [5.74, 6) is 0.299. The maximum atomic E-state index is 13.7. The van der Waals surface area contributed by atoms with Gasteiger partial charge in [-0.05, 0) is 36.4 Å². The van der Waals surface area contributed by atoms with Gasteiger partial charge in [-0.15, -0.1) is 0 Å². The Kier molecular flexibility index (Phi) is 4.63. The molecule has 2 bridgehead atoms. The number of fused-ring (bicyclic) bond motifs is 3. The number of pyridine rings is 2. The van der Waals surface area contributed by atoms with Crippen LogP contribution in [0.1, 0.15) is 22.5 Å². The van der Waals surface area contributed by atoms with Crippen molar-refractivity contribution in [2.75, 3.05) is 11.4 Å². The van der Waals surface area contributed by atoms with Crippen LogP contribution in [-0.4, -0.2) is 45.4 Å². The summed E-state index contributed by atoms with van der Waals surface area (Å²) in [4.78, 5) is 38.5. The molecule has 2 amide bonds. The van der Waals surface area contributed by atoms with Gasteiger partial charge in [0.1, 0.15) is 17.9 Å². The van der Waals surface area contributed by atoms with Gasteiger partial charge in [0.2, 0.25) is 5.91 Å². The number of carbonyl (C=O) groups is 2. The summed E-state index contributed by atoms with van der Waals surface area (Å²) in [6, 6.07) is 15.9. The van der Waals surface area contributed by atoms with E-state index in [0.717, 1.165) is 5.69 Å². The summed E-state index contributed by atoms with van der Waals surface area (Å²) in [5, 5.41) is 0. The SMILES string of the molecule is O=C1C2CC(CN2C(=O)c2cccnc2)Oc2ccccc2N1Cc1ccccn1. The van der Waals surface area contributed by atoms with Crippen molar-refractivity contribution in [3.8, 4) is 5.75 Å². The van der Waals surface area contributed by atoms with Crippen molar-refractivity contribution in [2.24, 2.45) is 0 Å². The highest BCUT2D eigenvalue weighted by molar-refractivity contribution is 6.03. The van der Waals surface area contributed by atoms with Crippen LogP contribution >= 0.6 is 0 Å². The molecule has 2 aliphatic rings. The second kappa shape index (κ2) is 7.59. The quantitative estimate of drug-likeness (QED) is 0.676. The Labute approximate surface area is 173 Å². The zero-order valence-corrected chi connectivity index (χ0v) is 16.2. The predicted octanol–water partition coefficient (Wildman–Crippen LogP) is 2.69. The molecular weight excluding hydrogens is 380 g/mol. The molecule has 150 valence electrons. The molecule has 4 heterocycles. The molecule has 0 spiro atoms. The first-order chi connectivity index (χ1) is 14.7. The number of hydrogen-bond donors (Lipinski definition) is 0. The Balaban J connectivity index is 1.53. The lowest BCUT2D eigenvalue weighted by atomic mass is 10.1. The highest BCUT2D eigenvalue weighted by atomic mass is 16.5. The summed E-state index contributed by atoms with van der Waals surface area (Å²) < 4.78 is 6.24. The molecule has 2 unspecified atom stereocenters. The first-order valence-electron chi connectivity index (χ1n) is 9.88. The Bertz CT molecular complexity index is 1070. The maximum absolute atomic E-state index is 13.7. The van der Waals surface area contributed by atoms with Crippen molar-refractivity contribution < 1.29 is 14.3 Å². The molecule has 7 heteroatoms. The number of ether oxygens (including phenoxy) is 1. The van der Waals surface area contributed by atoms with Gasteiger partial charge in [-0.25, -0.2) is 0 Å². The molecule has 1 fully saturated rings. The lowest BCUT2D eigenvalue weighted by Gasteiger charge is -2.31. The van der Waals surface area contributed by atoms with Crippen molar-refractivity contribution in [2.45, 2.75) is 25.1 Å². The Morgan fingerprint density at radius 3 is 2.73 bits per heavy atom. The number of hydrogen-bond acceptors (Lipinski definition) is 5. The minimum Gasteiger partial charge on any atom is -0.486 e. The number of likely N-dealkylation sites (tertiary alicyclic amines) is 1. The fourth-order valence-electron chi connectivity index (χ4n) is 4.07. The van der Waals surface area contributed by atoms with Gasteiger partial charge in [0, 0.05) is 25.0 Å². The van der Waals surface area contributed by atoms with Crippen molar-refractivity contribution in [1.29, 1.82) is 0 Å². The van der Waals surface area contributed by atoms with E-state index in [2.05, 4.69) is 9.97 Å². The number of para-hydroxylation sites is 2. The van der Waals surface area contributed by atoms with Crippen LogP contribution in [0, 0.1) is 0 Å². The topological polar surface area (TPSA) is 75.6 Å². The van der Waals surface area contributed by atoms with Gasteiger partial charge in [0.15, 0.2) is 0 Å². The minimum absolute atomic E-state index is 0.129. The highest BCUT2D eigenvalue weighted by Crippen LogP contribution is 2.37. The number of aromatic nitrogens is 2. The van der Waals surface area contributed by atoms with E-state index in [1.54, 1.807) is 34.3 Å². The van der Waals surface area contributed by atoms with E-state index >= 15 is 0 Å². The molecule has 3 aromatic rings. The first kappa shape index (κ1) is 18.3. The van der Waals surface area contributed by atoms with E-state index in [1.165, 1.54) is 6.20 Å². The molecule has 0 aliphatic carbocycles. The normalized spacial score (nSPS) is 20.2. The highest BCUT2D eigenvalue weighted by Gasteiger charge is 2.45. The third-order valence-corrected chi connectivity index (χ3v) is 5.48. The summed E-state index contributed by atoms with van der Waals surface area (Å²) in [5.41, 5.74) is 1.92. The molecule has 7 nitrogen and oxygen atoms in total. The smallest absolute Gasteiger partial charge is 0.256 e. The molecule has 0 N–H and O–H groups in total. The summed E-state index contributed by atoms with van der Waals surface area (Å²) in [6.07, 6.45) is 5.07. The van der Waals surface area contributed by atoms with Crippen molar-refractivity contribution in [3.63, 3.8) is 0 Å². The van der Waals surface area contributed by atoms with Gasteiger partial charge >= 0.3 is 0 Å². The molecule has 0 radical (unpaired) electrons. The average molecular weight is 400 g/mol. The van der Waals surface area contributed by atoms with E-state index < -0.39 is 6.04 Å². The van der Waals surface area contributed by atoms with Crippen molar-refractivity contribution >= 4 is 17.5 Å². The zero-order valence-electron chi connectivity index (χ0n) is 16.2. The largest absolute Gasteiger partial charge is 0.486 e. The zero-order chi connectivity index (χ0) is 20.5. The average Bonchev–Trinajstić information content (AvgIpc) is 3.22. The van der Waals surface area contributed by atoms with Crippen LogP contribution in [0.3, 0.4) is 0 Å². The Morgan fingerprint density at radius 2 is 1.93 bits per heavy atom. The fourth-order valence-corrected chi connectivity index (χ4v) is 4.07. The van der Waals surface area contributed by atoms with Crippen LogP contribution in [-0.2, 0) is 11.3 Å². The van der Waals surface area contributed by atoms with Crippen LogP contribution in [0.15, 0.2) is 73.2 Å². The second-order valence-electron chi connectivity index (χ2n) is 7.40. The van der Waals surface area contributed by atoms with Gasteiger partial charge in [0.05, 0.1) is 30.0 Å². The van der Waals surface area contributed by atoms with Crippen LogP contribution in [0.4, 0.5) is 5.69 Å². The van der Waals surface area contributed by atoms with Crippen molar-refractivity contribution in [3.05, 3.63) is 84.4 Å². The second-order valence-corrected chi connectivity index (χ2v) is 7.40. The molecule has 2 atom stereocenters. The van der Waals surface area contributed by atoms with Gasteiger partial charge in [0.25, 0.3) is 5.91 Å². The molecule has 0 saturated carbocycles. The molecule has 2 aromatic heterocycles. The van der Waals surface area contributed by atoms with Gasteiger partial charge in [-0.1, -0.05) is 18.2 Å². The van der Waals surface area contributed by atoms with Crippen LogP contribution in [0.2, 0.25) is 0 Å².